The second-order valence-corrected chi connectivity index (χ2v) is 5.62. The van der Waals surface area contributed by atoms with Gasteiger partial charge in [-0.1, -0.05) is 6.92 Å². The lowest BCUT2D eigenvalue weighted by atomic mass is 10.2. The zero-order chi connectivity index (χ0) is 15.1. The fourth-order valence-electron chi connectivity index (χ4n) is 2.08. The van der Waals surface area contributed by atoms with Gasteiger partial charge in [0, 0.05) is 36.9 Å². The van der Waals surface area contributed by atoms with Crippen molar-refractivity contribution in [2.75, 3.05) is 23.7 Å². The molecule has 0 spiro atoms. The topological polar surface area (TPSA) is 62.7 Å². The van der Waals surface area contributed by atoms with Crippen LogP contribution in [-0.2, 0) is 12.8 Å². The predicted molar refractivity (Wildman–Crippen MR) is 89.2 cm³/mol. The maximum atomic E-state index is 4.64. The lowest BCUT2D eigenvalue weighted by molar-refractivity contribution is 0.828. The van der Waals surface area contributed by atoms with Crippen molar-refractivity contribution in [3.05, 3.63) is 28.0 Å². The first kappa shape index (κ1) is 15.7. The molecular formula is C15H23N5S. The van der Waals surface area contributed by atoms with Crippen LogP contribution < -0.4 is 10.6 Å². The minimum absolute atomic E-state index is 0.832. The number of thiazole rings is 1. The van der Waals surface area contributed by atoms with Gasteiger partial charge >= 0.3 is 0 Å². The Hall–Kier alpha value is -1.69. The Balaban J connectivity index is 2.08. The minimum Gasteiger partial charge on any atom is -0.370 e. The molecule has 0 bridgehead atoms. The van der Waals surface area contributed by atoms with Crippen LogP contribution in [0.3, 0.4) is 0 Å². The van der Waals surface area contributed by atoms with Gasteiger partial charge in [0.15, 0.2) is 0 Å². The Morgan fingerprint density at radius 1 is 1.10 bits per heavy atom. The van der Waals surface area contributed by atoms with Gasteiger partial charge in [0.1, 0.15) is 17.5 Å². The van der Waals surface area contributed by atoms with E-state index in [0.717, 1.165) is 61.1 Å². The summed E-state index contributed by atoms with van der Waals surface area (Å²) in [5, 5.41) is 8.82. The number of nitrogens with zero attached hydrogens (tertiary/aromatic N) is 3. The van der Waals surface area contributed by atoms with Crippen LogP contribution >= 0.6 is 11.3 Å². The lowest BCUT2D eigenvalue weighted by Crippen LogP contribution is -2.13. The van der Waals surface area contributed by atoms with E-state index < -0.39 is 0 Å². The van der Waals surface area contributed by atoms with Gasteiger partial charge < -0.3 is 10.6 Å². The molecule has 0 saturated carbocycles. The zero-order valence-corrected chi connectivity index (χ0v) is 13.8. The monoisotopic (exact) mass is 305 g/mol. The number of hydrogen-bond donors (Lipinski definition) is 2. The van der Waals surface area contributed by atoms with E-state index in [1.54, 1.807) is 11.3 Å². The number of nitrogens with one attached hydrogen (secondary N) is 2. The molecule has 2 N–H and O–H groups in total. The number of anilines is 2. The van der Waals surface area contributed by atoms with Crippen molar-refractivity contribution in [2.24, 2.45) is 0 Å². The third kappa shape index (κ3) is 4.39. The zero-order valence-electron chi connectivity index (χ0n) is 12.9. The Labute approximate surface area is 130 Å². The predicted octanol–water partition coefficient (Wildman–Crippen LogP) is 3.28. The summed E-state index contributed by atoms with van der Waals surface area (Å²) >= 11 is 1.63. The number of hydrogen-bond acceptors (Lipinski definition) is 6. The highest BCUT2D eigenvalue weighted by Crippen LogP contribution is 2.20. The van der Waals surface area contributed by atoms with Crippen molar-refractivity contribution in [1.82, 2.24) is 15.0 Å². The van der Waals surface area contributed by atoms with Crippen molar-refractivity contribution >= 4 is 23.0 Å². The van der Waals surface area contributed by atoms with Gasteiger partial charge in [-0.05, 0) is 20.3 Å². The molecule has 0 fully saturated rings. The molecule has 114 valence electrons. The highest BCUT2D eigenvalue weighted by Gasteiger charge is 2.10. The summed E-state index contributed by atoms with van der Waals surface area (Å²) in [5.41, 5.74) is 4.07. The van der Waals surface area contributed by atoms with E-state index in [2.05, 4.69) is 51.7 Å². The van der Waals surface area contributed by atoms with E-state index in [-0.39, 0.29) is 0 Å². The Morgan fingerprint density at radius 2 is 1.86 bits per heavy atom. The van der Waals surface area contributed by atoms with E-state index in [4.69, 9.17) is 0 Å². The minimum atomic E-state index is 0.832. The van der Waals surface area contributed by atoms with E-state index in [0.29, 0.717) is 0 Å². The summed E-state index contributed by atoms with van der Waals surface area (Å²) in [5.74, 6) is 2.77. The summed E-state index contributed by atoms with van der Waals surface area (Å²) in [7, 11) is 0. The molecule has 0 radical (unpaired) electrons. The quantitative estimate of drug-likeness (QED) is 0.783. The summed E-state index contributed by atoms with van der Waals surface area (Å²) in [6, 6.07) is 0. The largest absolute Gasteiger partial charge is 0.370 e. The first-order valence-corrected chi connectivity index (χ1v) is 8.41. The van der Waals surface area contributed by atoms with Crippen LogP contribution in [0.2, 0.25) is 0 Å². The van der Waals surface area contributed by atoms with Gasteiger partial charge in [0.05, 0.1) is 11.2 Å². The average molecular weight is 305 g/mol. The summed E-state index contributed by atoms with van der Waals surface area (Å²) < 4.78 is 0. The third-order valence-electron chi connectivity index (χ3n) is 3.17. The second-order valence-electron chi connectivity index (χ2n) is 4.90. The first-order chi connectivity index (χ1) is 10.2. The Kier molecular flexibility index (Phi) is 5.92. The molecule has 0 atom stereocenters. The maximum Gasteiger partial charge on any atom is 0.134 e. The Morgan fingerprint density at radius 3 is 2.48 bits per heavy atom. The van der Waals surface area contributed by atoms with E-state index in [1.165, 1.54) is 0 Å². The highest BCUT2D eigenvalue weighted by atomic mass is 32.1. The van der Waals surface area contributed by atoms with E-state index in [9.17, 15) is 0 Å². The molecule has 2 aromatic rings. The number of rotatable bonds is 8. The first-order valence-electron chi connectivity index (χ1n) is 7.46. The van der Waals surface area contributed by atoms with Gasteiger partial charge in [-0.2, -0.15) is 0 Å². The van der Waals surface area contributed by atoms with Gasteiger partial charge in [-0.15, -0.1) is 11.3 Å². The lowest BCUT2D eigenvalue weighted by Gasteiger charge is -2.14. The molecule has 2 heterocycles. The van der Waals surface area contributed by atoms with Crippen molar-refractivity contribution in [3.8, 4) is 0 Å². The number of aryl methyl sites for hydroxylation is 1. The molecule has 0 unspecified atom stereocenters. The van der Waals surface area contributed by atoms with Crippen molar-refractivity contribution in [1.29, 1.82) is 0 Å². The summed E-state index contributed by atoms with van der Waals surface area (Å²) in [4.78, 5) is 13.5. The van der Waals surface area contributed by atoms with Crippen LogP contribution in [0.25, 0.3) is 0 Å². The molecular weight excluding hydrogens is 282 g/mol. The Bertz CT molecular complexity index is 553. The SMILES string of the molecule is CCCc1nc(NCC)c(C)c(NCCc2cscn2)n1. The molecule has 6 heteroatoms. The highest BCUT2D eigenvalue weighted by molar-refractivity contribution is 7.07. The summed E-state index contributed by atoms with van der Waals surface area (Å²) in [6.45, 7) is 7.97. The van der Waals surface area contributed by atoms with Crippen molar-refractivity contribution in [2.45, 2.75) is 40.0 Å². The molecule has 2 aromatic heterocycles. The van der Waals surface area contributed by atoms with Crippen LogP contribution in [0.5, 0.6) is 0 Å². The van der Waals surface area contributed by atoms with Crippen LogP contribution in [0.1, 0.15) is 37.4 Å². The van der Waals surface area contributed by atoms with Gasteiger partial charge in [0.2, 0.25) is 0 Å². The molecule has 0 aliphatic heterocycles. The second kappa shape index (κ2) is 7.93. The molecule has 21 heavy (non-hydrogen) atoms. The van der Waals surface area contributed by atoms with Crippen LogP contribution in [0.4, 0.5) is 11.6 Å². The number of aromatic nitrogens is 3. The van der Waals surface area contributed by atoms with Crippen LogP contribution in [0, 0.1) is 6.92 Å². The standard InChI is InChI=1S/C15H23N5S/c1-4-6-13-19-14(16-5-2)11(3)15(20-13)17-8-7-12-9-21-10-18-12/h9-10H,4-8H2,1-3H3,(H2,16,17,19,20). The summed E-state index contributed by atoms with van der Waals surface area (Å²) in [6.07, 6.45) is 2.86. The fourth-order valence-corrected chi connectivity index (χ4v) is 2.67. The van der Waals surface area contributed by atoms with Crippen LogP contribution in [0.15, 0.2) is 10.9 Å². The normalized spacial score (nSPS) is 10.6. The van der Waals surface area contributed by atoms with Gasteiger partial charge in [-0.25, -0.2) is 15.0 Å². The molecule has 0 aromatic carbocycles. The smallest absolute Gasteiger partial charge is 0.134 e. The van der Waals surface area contributed by atoms with Crippen molar-refractivity contribution < 1.29 is 0 Å². The van der Waals surface area contributed by atoms with E-state index in [1.807, 2.05) is 5.51 Å². The molecule has 0 aliphatic carbocycles. The van der Waals surface area contributed by atoms with Gasteiger partial charge in [0.25, 0.3) is 0 Å². The van der Waals surface area contributed by atoms with Crippen molar-refractivity contribution in [3.63, 3.8) is 0 Å². The average Bonchev–Trinajstić information content (AvgIpc) is 2.97. The molecule has 0 amide bonds. The molecule has 0 saturated heterocycles. The fraction of sp³-hybridized carbons (Fsp3) is 0.533. The maximum absolute atomic E-state index is 4.64. The third-order valence-corrected chi connectivity index (χ3v) is 3.80. The van der Waals surface area contributed by atoms with E-state index >= 15 is 0 Å². The molecule has 5 nitrogen and oxygen atoms in total. The molecule has 2 rings (SSSR count). The van der Waals surface area contributed by atoms with Gasteiger partial charge in [-0.3, -0.25) is 0 Å². The molecule has 0 aliphatic rings. The van der Waals surface area contributed by atoms with Crippen LogP contribution in [-0.4, -0.2) is 28.0 Å².